The van der Waals surface area contributed by atoms with Gasteiger partial charge in [-0.3, -0.25) is 0 Å². The van der Waals surface area contributed by atoms with Gasteiger partial charge in [-0.05, 0) is 17.7 Å². The molecule has 0 aliphatic carbocycles. The van der Waals surface area contributed by atoms with Crippen LogP contribution in [-0.4, -0.2) is 10.2 Å². The van der Waals surface area contributed by atoms with Gasteiger partial charge in [0.2, 0.25) is 0 Å². The van der Waals surface area contributed by atoms with E-state index in [1.807, 2.05) is 12.1 Å². The maximum Gasteiger partial charge on any atom is 0.131 e. The summed E-state index contributed by atoms with van der Waals surface area (Å²) in [6, 6.07) is 8.19. The smallest absolute Gasteiger partial charge is 0.131 e. The lowest BCUT2D eigenvalue weighted by atomic mass is 10.2. The van der Waals surface area contributed by atoms with E-state index < -0.39 is 0 Å². The van der Waals surface area contributed by atoms with Crippen LogP contribution in [0.4, 0.5) is 0 Å². The molecule has 2 N–H and O–H groups in total. The van der Waals surface area contributed by atoms with Crippen LogP contribution >= 0.6 is 27.3 Å². The number of hydrogen-bond donors (Lipinski definition) is 1. The van der Waals surface area contributed by atoms with Gasteiger partial charge in [-0.1, -0.05) is 39.4 Å². The van der Waals surface area contributed by atoms with Gasteiger partial charge in [0.05, 0.1) is 0 Å². The van der Waals surface area contributed by atoms with Gasteiger partial charge in [-0.15, -0.1) is 10.2 Å². The highest BCUT2D eigenvalue weighted by Gasteiger charge is 2.03. The molecule has 2 rings (SSSR count). The Kier molecular flexibility index (Phi) is 3.45. The molecule has 0 aliphatic heterocycles. The fourth-order valence-corrected chi connectivity index (χ4v) is 2.47. The summed E-state index contributed by atoms with van der Waals surface area (Å²) in [7, 11) is 0. The molecule has 0 fully saturated rings. The highest BCUT2D eigenvalue weighted by molar-refractivity contribution is 9.10. The van der Waals surface area contributed by atoms with Crippen LogP contribution < -0.4 is 5.73 Å². The molecule has 0 bridgehead atoms. The largest absolute Gasteiger partial charge is 0.324 e. The predicted octanol–water partition coefficient (Wildman–Crippen LogP) is 2.35. The summed E-state index contributed by atoms with van der Waals surface area (Å²) >= 11 is 5.01. The van der Waals surface area contributed by atoms with Crippen molar-refractivity contribution in [3.63, 3.8) is 0 Å². The molecular weight excluding hydrogens is 274 g/mol. The average molecular weight is 284 g/mol. The molecule has 0 radical (unpaired) electrons. The van der Waals surface area contributed by atoms with Gasteiger partial charge < -0.3 is 5.73 Å². The molecule has 0 spiro atoms. The minimum absolute atomic E-state index is 0.468. The maximum absolute atomic E-state index is 5.48. The van der Waals surface area contributed by atoms with Crippen molar-refractivity contribution < 1.29 is 0 Å². The summed E-state index contributed by atoms with van der Waals surface area (Å²) in [5, 5.41) is 9.97. The van der Waals surface area contributed by atoms with Crippen LogP contribution in [0.15, 0.2) is 28.7 Å². The van der Waals surface area contributed by atoms with Crippen molar-refractivity contribution in [2.75, 3.05) is 0 Å². The molecule has 1 aromatic heterocycles. The Labute approximate surface area is 100 Å². The van der Waals surface area contributed by atoms with Crippen LogP contribution in [0.2, 0.25) is 0 Å². The molecule has 0 atom stereocenters. The standard InChI is InChI=1S/C10H10BrN3S/c11-8-3-1-2-7(4-8)5-9-13-14-10(6-12)15-9/h1-4H,5-6,12H2. The Bertz CT molecular complexity index is 455. The molecule has 1 aromatic carbocycles. The molecule has 3 nitrogen and oxygen atoms in total. The molecule has 2 aromatic rings. The summed E-state index contributed by atoms with van der Waals surface area (Å²) in [5.41, 5.74) is 6.71. The van der Waals surface area contributed by atoms with Gasteiger partial charge in [-0.25, -0.2) is 0 Å². The van der Waals surface area contributed by atoms with E-state index in [9.17, 15) is 0 Å². The van der Waals surface area contributed by atoms with Gasteiger partial charge in [0.25, 0.3) is 0 Å². The molecule has 78 valence electrons. The normalized spacial score (nSPS) is 10.5. The lowest BCUT2D eigenvalue weighted by Crippen LogP contribution is -1.94. The minimum Gasteiger partial charge on any atom is -0.324 e. The van der Waals surface area contributed by atoms with Gasteiger partial charge >= 0.3 is 0 Å². The van der Waals surface area contributed by atoms with Gasteiger partial charge in [-0.2, -0.15) is 0 Å². The molecular formula is C10H10BrN3S. The summed E-state index contributed by atoms with van der Waals surface area (Å²) in [5.74, 6) is 0. The zero-order valence-electron chi connectivity index (χ0n) is 7.98. The second kappa shape index (κ2) is 4.83. The lowest BCUT2D eigenvalue weighted by molar-refractivity contribution is 0.930. The zero-order chi connectivity index (χ0) is 10.7. The van der Waals surface area contributed by atoms with E-state index in [4.69, 9.17) is 5.73 Å². The number of nitrogens with two attached hydrogens (primary N) is 1. The van der Waals surface area contributed by atoms with Crippen LogP contribution in [0.3, 0.4) is 0 Å². The van der Waals surface area contributed by atoms with E-state index in [1.54, 1.807) is 11.3 Å². The molecule has 0 saturated carbocycles. The van der Waals surface area contributed by atoms with Crippen molar-refractivity contribution in [3.05, 3.63) is 44.3 Å². The van der Waals surface area contributed by atoms with Crippen LogP contribution in [0.5, 0.6) is 0 Å². The van der Waals surface area contributed by atoms with Crippen LogP contribution in [0.1, 0.15) is 15.6 Å². The van der Waals surface area contributed by atoms with Crippen molar-refractivity contribution >= 4 is 27.3 Å². The maximum atomic E-state index is 5.48. The molecule has 0 saturated heterocycles. The topological polar surface area (TPSA) is 51.8 Å². The van der Waals surface area contributed by atoms with E-state index in [0.29, 0.717) is 6.54 Å². The van der Waals surface area contributed by atoms with Crippen molar-refractivity contribution in [3.8, 4) is 0 Å². The van der Waals surface area contributed by atoms with E-state index in [2.05, 4.69) is 38.3 Å². The summed E-state index contributed by atoms with van der Waals surface area (Å²) in [6.07, 6.45) is 0.817. The number of rotatable bonds is 3. The predicted molar refractivity (Wildman–Crippen MR) is 64.7 cm³/mol. The Balaban J connectivity index is 2.14. The van der Waals surface area contributed by atoms with E-state index in [1.165, 1.54) is 5.56 Å². The fraction of sp³-hybridized carbons (Fsp3) is 0.200. The highest BCUT2D eigenvalue weighted by atomic mass is 79.9. The van der Waals surface area contributed by atoms with Crippen molar-refractivity contribution in [2.24, 2.45) is 5.73 Å². The summed E-state index contributed by atoms with van der Waals surface area (Å²) in [4.78, 5) is 0. The number of benzene rings is 1. The Hall–Kier alpha value is -0.780. The third-order valence-corrected chi connectivity index (χ3v) is 3.37. The quantitative estimate of drug-likeness (QED) is 0.941. The number of aromatic nitrogens is 2. The first-order valence-corrected chi connectivity index (χ1v) is 6.14. The van der Waals surface area contributed by atoms with Crippen LogP contribution in [-0.2, 0) is 13.0 Å². The second-order valence-electron chi connectivity index (χ2n) is 3.10. The molecule has 15 heavy (non-hydrogen) atoms. The summed E-state index contributed by atoms with van der Waals surface area (Å²) in [6.45, 7) is 0.468. The Morgan fingerprint density at radius 2 is 2.07 bits per heavy atom. The summed E-state index contributed by atoms with van der Waals surface area (Å²) < 4.78 is 1.09. The molecule has 0 aliphatic rings. The van der Waals surface area contributed by atoms with Crippen molar-refractivity contribution in [1.29, 1.82) is 0 Å². The highest BCUT2D eigenvalue weighted by Crippen LogP contribution is 2.17. The second-order valence-corrected chi connectivity index (χ2v) is 5.16. The number of halogens is 1. The Morgan fingerprint density at radius 3 is 2.73 bits per heavy atom. The zero-order valence-corrected chi connectivity index (χ0v) is 10.4. The third-order valence-electron chi connectivity index (χ3n) is 1.93. The van der Waals surface area contributed by atoms with E-state index in [0.717, 1.165) is 20.9 Å². The minimum atomic E-state index is 0.468. The monoisotopic (exact) mass is 283 g/mol. The van der Waals surface area contributed by atoms with Gasteiger partial charge in [0, 0.05) is 17.4 Å². The Morgan fingerprint density at radius 1 is 1.27 bits per heavy atom. The first kappa shape index (κ1) is 10.7. The fourth-order valence-electron chi connectivity index (χ4n) is 1.26. The number of hydrogen-bond acceptors (Lipinski definition) is 4. The van der Waals surface area contributed by atoms with Crippen LogP contribution in [0.25, 0.3) is 0 Å². The van der Waals surface area contributed by atoms with Crippen LogP contribution in [0, 0.1) is 0 Å². The first-order chi connectivity index (χ1) is 7.28. The van der Waals surface area contributed by atoms with Crippen molar-refractivity contribution in [1.82, 2.24) is 10.2 Å². The van der Waals surface area contributed by atoms with Gasteiger partial charge in [0.1, 0.15) is 10.0 Å². The number of nitrogens with zero attached hydrogens (tertiary/aromatic N) is 2. The van der Waals surface area contributed by atoms with Crippen molar-refractivity contribution in [2.45, 2.75) is 13.0 Å². The van der Waals surface area contributed by atoms with Gasteiger partial charge in [0.15, 0.2) is 0 Å². The van der Waals surface area contributed by atoms with E-state index in [-0.39, 0.29) is 0 Å². The molecule has 0 unspecified atom stereocenters. The lowest BCUT2D eigenvalue weighted by Gasteiger charge is -1.97. The molecule has 1 heterocycles. The molecule has 5 heteroatoms. The van der Waals surface area contributed by atoms with E-state index >= 15 is 0 Å². The molecule has 0 amide bonds. The first-order valence-electron chi connectivity index (χ1n) is 4.53. The SMILES string of the molecule is NCc1nnc(Cc2cccc(Br)c2)s1. The third kappa shape index (κ3) is 2.84. The average Bonchev–Trinajstić information content (AvgIpc) is 2.65.